The third kappa shape index (κ3) is 5.36. The summed E-state index contributed by atoms with van der Waals surface area (Å²) >= 11 is 0. The Morgan fingerprint density at radius 3 is 2.59 bits per heavy atom. The van der Waals surface area contributed by atoms with E-state index >= 15 is 0 Å². The number of rotatable bonds is 7. The molecule has 2 fully saturated rings. The number of imidazole rings is 1. The minimum atomic E-state index is -0.759. The number of aromatic amines is 1. The molecule has 2 aromatic rings. The molecule has 0 radical (unpaired) electrons. The zero-order valence-electron chi connectivity index (χ0n) is 18.3. The van der Waals surface area contributed by atoms with Crippen LogP contribution in [0.2, 0.25) is 0 Å². The van der Waals surface area contributed by atoms with E-state index in [1.54, 1.807) is 17.4 Å². The molecular weight excluding hydrogens is 406 g/mol. The summed E-state index contributed by atoms with van der Waals surface area (Å²) in [6.45, 7) is 0.630. The van der Waals surface area contributed by atoms with Crippen LogP contribution in [-0.4, -0.2) is 46.3 Å². The topological polar surface area (TPSA) is 107 Å². The highest BCUT2D eigenvalue weighted by Gasteiger charge is 2.34. The molecule has 8 heteroatoms. The maximum absolute atomic E-state index is 13.2. The highest BCUT2D eigenvalue weighted by molar-refractivity contribution is 6.00. The fourth-order valence-electron chi connectivity index (χ4n) is 4.63. The number of para-hydroxylation sites is 1. The Kier molecular flexibility index (Phi) is 7.19. The molecule has 1 saturated carbocycles. The number of benzene rings is 1. The van der Waals surface area contributed by atoms with E-state index < -0.39 is 12.1 Å². The highest BCUT2D eigenvalue weighted by atomic mass is 16.2. The van der Waals surface area contributed by atoms with E-state index in [0.29, 0.717) is 19.4 Å². The minimum absolute atomic E-state index is 0.0503. The number of aromatic nitrogens is 2. The first-order chi connectivity index (χ1) is 15.6. The van der Waals surface area contributed by atoms with Gasteiger partial charge in [0.25, 0.3) is 0 Å². The molecule has 1 aromatic carbocycles. The van der Waals surface area contributed by atoms with Crippen LogP contribution in [0.1, 0.15) is 50.6 Å². The van der Waals surface area contributed by atoms with Crippen molar-refractivity contribution in [2.75, 3.05) is 11.4 Å². The molecule has 1 aliphatic heterocycles. The van der Waals surface area contributed by atoms with Crippen molar-refractivity contribution in [1.82, 2.24) is 20.6 Å². The molecular formula is C24H31N5O3. The number of nitrogens with one attached hydrogen (secondary N) is 3. The van der Waals surface area contributed by atoms with Crippen molar-refractivity contribution in [3.63, 3.8) is 0 Å². The highest BCUT2D eigenvalue weighted by Crippen LogP contribution is 2.24. The monoisotopic (exact) mass is 437 g/mol. The van der Waals surface area contributed by atoms with Crippen LogP contribution in [0.25, 0.3) is 0 Å². The van der Waals surface area contributed by atoms with Gasteiger partial charge in [0, 0.05) is 36.5 Å². The van der Waals surface area contributed by atoms with Crippen LogP contribution in [0.5, 0.6) is 0 Å². The van der Waals surface area contributed by atoms with Gasteiger partial charge in [-0.1, -0.05) is 37.5 Å². The van der Waals surface area contributed by atoms with Crippen molar-refractivity contribution in [3.8, 4) is 0 Å². The van der Waals surface area contributed by atoms with E-state index in [9.17, 15) is 14.4 Å². The molecule has 2 aliphatic rings. The molecule has 32 heavy (non-hydrogen) atoms. The fourth-order valence-corrected chi connectivity index (χ4v) is 4.63. The summed E-state index contributed by atoms with van der Waals surface area (Å²) < 4.78 is 0. The first kappa shape index (κ1) is 22.0. The summed E-state index contributed by atoms with van der Waals surface area (Å²) in [6, 6.07) is 8.13. The van der Waals surface area contributed by atoms with Crippen LogP contribution >= 0.6 is 0 Å². The lowest BCUT2D eigenvalue weighted by atomic mass is 9.88. The van der Waals surface area contributed by atoms with E-state index in [1.807, 2.05) is 30.3 Å². The number of carbonyl (C=O) groups excluding carboxylic acids is 3. The predicted molar refractivity (Wildman–Crippen MR) is 121 cm³/mol. The third-order valence-electron chi connectivity index (χ3n) is 6.41. The number of hydrogen-bond donors (Lipinski definition) is 3. The molecule has 1 aliphatic carbocycles. The second-order valence-electron chi connectivity index (χ2n) is 8.71. The van der Waals surface area contributed by atoms with E-state index in [1.165, 1.54) is 0 Å². The quantitative estimate of drug-likeness (QED) is 0.618. The maximum atomic E-state index is 13.2. The normalized spacial score (nSPS) is 20.6. The number of anilines is 1. The van der Waals surface area contributed by atoms with Crippen LogP contribution in [-0.2, 0) is 20.8 Å². The zero-order valence-corrected chi connectivity index (χ0v) is 18.3. The molecule has 0 bridgehead atoms. The molecule has 2 unspecified atom stereocenters. The summed E-state index contributed by atoms with van der Waals surface area (Å²) in [5, 5.41) is 5.86. The van der Waals surface area contributed by atoms with Crippen LogP contribution in [0.3, 0.4) is 0 Å². The van der Waals surface area contributed by atoms with Gasteiger partial charge < -0.3 is 20.5 Å². The van der Waals surface area contributed by atoms with Gasteiger partial charge in [0.2, 0.25) is 17.7 Å². The van der Waals surface area contributed by atoms with Gasteiger partial charge in [-0.3, -0.25) is 14.4 Å². The van der Waals surface area contributed by atoms with Gasteiger partial charge in [-0.2, -0.15) is 0 Å². The first-order valence-corrected chi connectivity index (χ1v) is 11.6. The minimum Gasteiger partial charge on any atom is -0.348 e. The van der Waals surface area contributed by atoms with Crippen molar-refractivity contribution in [1.29, 1.82) is 0 Å². The Morgan fingerprint density at radius 2 is 1.88 bits per heavy atom. The standard InChI is InChI=1S/C24H31N5O3/c30-22(17-8-3-1-4-9-17)28-21(14-18-15-25-16-26-18)23(31)27-20-12-7-13-29(24(20)32)19-10-5-2-6-11-19/h2,5-6,10-11,15-17,20-21H,1,3-4,7-9,12-14H2,(H,25,26)(H,27,31)(H,28,30). The molecule has 1 saturated heterocycles. The first-order valence-electron chi connectivity index (χ1n) is 11.6. The maximum Gasteiger partial charge on any atom is 0.249 e. The van der Waals surface area contributed by atoms with Gasteiger partial charge in [-0.05, 0) is 37.8 Å². The number of hydrogen-bond acceptors (Lipinski definition) is 4. The largest absolute Gasteiger partial charge is 0.348 e. The SMILES string of the molecule is O=C(NC(Cc1cnc[nH]1)C(=O)NC1CCCN(c2ccccc2)C1=O)C1CCCCC1. The van der Waals surface area contributed by atoms with Gasteiger partial charge in [-0.25, -0.2) is 4.98 Å². The molecule has 170 valence electrons. The second-order valence-corrected chi connectivity index (χ2v) is 8.71. The lowest BCUT2D eigenvalue weighted by molar-refractivity contribution is -0.133. The summed E-state index contributed by atoms with van der Waals surface area (Å²) in [6.07, 6.45) is 9.84. The Bertz CT molecular complexity index is 909. The second kappa shape index (κ2) is 10.4. The lowest BCUT2D eigenvalue weighted by Gasteiger charge is -2.33. The van der Waals surface area contributed by atoms with Crippen LogP contribution in [0, 0.1) is 5.92 Å². The van der Waals surface area contributed by atoms with Crippen molar-refractivity contribution >= 4 is 23.4 Å². The molecule has 3 amide bonds. The number of amides is 3. The van der Waals surface area contributed by atoms with Gasteiger partial charge in [-0.15, -0.1) is 0 Å². The Balaban J connectivity index is 1.43. The van der Waals surface area contributed by atoms with Crippen LogP contribution < -0.4 is 15.5 Å². The number of nitrogens with zero attached hydrogens (tertiary/aromatic N) is 2. The van der Waals surface area contributed by atoms with Gasteiger partial charge in [0.05, 0.1) is 6.33 Å². The molecule has 2 atom stereocenters. The van der Waals surface area contributed by atoms with Gasteiger partial charge in [0.15, 0.2) is 0 Å². The van der Waals surface area contributed by atoms with Crippen LogP contribution in [0.4, 0.5) is 5.69 Å². The van der Waals surface area contributed by atoms with Crippen molar-refractivity contribution in [3.05, 3.63) is 48.5 Å². The van der Waals surface area contributed by atoms with E-state index in [4.69, 9.17) is 0 Å². The zero-order chi connectivity index (χ0) is 22.3. The number of carbonyl (C=O) groups is 3. The summed E-state index contributed by atoms with van der Waals surface area (Å²) in [7, 11) is 0. The van der Waals surface area contributed by atoms with E-state index in [2.05, 4.69) is 20.6 Å². The van der Waals surface area contributed by atoms with Crippen LogP contribution in [0.15, 0.2) is 42.9 Å². The van der Waals surface area contributed by atoms with E-state index in [0.717, 1.165) is 49.9 Å². The average Bonchev–Trinajstić information content (AvgIpc) is 3.34. The van der Waals surface area contributed by atoms with Crippen molar-refractivity contribution in [2.24, 2.45) is 5.92 Å². The molecule has 8 nitrogen and oxygen atoms in total. The van der Waals surface area contributed by atoms with Gasteiger partial charge >= 0.3 is 0 Å². The Labute approximate surface area is 188 Å². The summed E-state index contributed by atoms with van der Waals surface area (Å²) in [5.74, 6) is -0.581. The van der Waals surface area contributed by atoms with E-state index in [-0.39, 0.29) is 23.6 Å². The van der Waals surface area contributed by atoms with Crippen molar-refractivity contribution in [2.45, 2.75) is 63.5 Å². The lowest BCUT2D eigenvalue weighted by Crippen LogP contribution is -2.57. The Hall–Kier alpha value is -3.16. The van der Waals surface area contributed by atoms with Crippen molar-refractivity contribution < 1.29 is 14.4 Å². The molecule has 4 rings (SSSR count). The number of H-pyrrole nitrogens is 1. The predicted octanol–water partition coefficient (Wildman–Crippen LogP) is 2.33. The third-order valence-corrected chi connectivity index (χ3v) is 6.41. The summed E-state index contributed by atoms with van der Waals surface area (Å²) in [5.41, 5.74) is 1.59. The molecule has 3 N–H and O–H groups in total. The molecule has 2 heterocycles. The average molecular weight is 438 g/mol. The Morgan fingerprint density at radius 1 is 1.09 bits per heavy atom. The molecule has 0 spiro atoms. The number of piperidine rings is 1. The molecule has 1 aromatic heterocycles. The fraction of sp³-hybridized carbons (Fsp3) is 0.500. The smallest absolute Gasteiger partial charge is 0.249 e. The van der Waals surface area contributed by atoms with Gasteiger partial charge in [0.1, 0.15) is 12.1 Å². The summed E-state index contributed by atoms with van der Waals surface area (Å²) in [4.78, 5) is 47.9.